The van der Waals surface area contributed by atoms with Gasteiger partial charge in [-0.25, -0.2) is 15.0 Å². The van der Waals surface area contributed by atoms with Gasteiger partial charge >= 0.3 is 0 Å². The largest absolute Gasteiger partial charge is 0.382 e. The van der Waals surface area contributed by atoms with Gasteiger partial charge in [0.1, 0.15) is 9.39 Å². The highest BCUT2D eigenvalue weighted by molar-refractivity contribution is 14.1. The number of carbonyl (C=O) groups is 2. The fourth-order valence-corrected chi connectivity index (χ4v) is 3.73. The van der Waals surface area contributed by atoms with Crippen LogP contribution in [0.1, 0.15) is 33.8 Å². The Hall–Kier alpha value is -2.97. The number of imidazole rings is 1. The summed E-state index contributed by atoms with van der Waals surface area (Å²) in [5, 5.41) is 5.98. The predicted octanol–water partition coefficient (Wildman–Crippen LogP) is -0.667. The van der Waals surface area contributed by atoms with Gasteiger partial charge in [-0.2, -0.15) is 0 Å². The molecule has 1 saturated heterocycles. The number of carbonyl (C=O) groups excluding carboxylic acids is 2. The summed E-state index contributed by atoms with van der Waals surface area (Å²) in [5.41, 5.74) is 11.6. The maximum atomic E-state index is 12.5. The molecule has 7 N–H and O–H groups in total. The molecule has 0 aromatic carbocycles. The van der Waals surface area contributed by atoms with Crippen LogP contribution in [0.2, 0.25) is 0 Å². The number of amides is 2. The summed E-state index contributed by atoms with van der Waals surface area (Å²) in [6, 6.07) is 0. The number of hydrogen-bond donors (Lipinski definition) is 5. The number of nitrogens with one attached hydrogen (secondary N) is 3. The summed E-state index contributed by atoms with van der Waals surface area (Å²) < 4.78 is 0.397. The lowest BCUT2D eigenvalue weighted by atomic mass is 9.88. The average molecular weight is 510 g/mol. The Balaban J connectivity index is 1.35. The molecule has 0 atom stereocenters. The Morgan fingerprint density at radius 3 is 2.66 bits per heavy atom. The quantitative estimate of drug-likeness (QED) is 0.330. The van der Waals surface area contributed by atoms with Crippen molar-refractivity contribution in [1.29, 1.82) is 0 Å². The van der Waals surface area contributed by atoms with Crippen molar-refractivity contribution >= 4 is 52.0 Å². The molecule has 152 valence electrons. The van der Waals surface area contributed by atoms with E-state index < -0.39 is 5.91 Å². The lowest BCUT2D eigenvalue weighted by molar-refractivity contribution is 0.0663. The van der Waals surface area contributed by atoms with Crippen molar-refractivity contribution < 1.29 is 9.59 Å². The number of guanidine groups is 1. The molecule has 2 aliphatic rings. The number of piperidine rings is 1. The van der Waals surface area contributed by atoms with E-state index in [4.69, 9.17) is 11.5 Å². The fraction of sp³-hybridized carbons (Fsp3) is 0.375. The first kappa shape index (κ1) is 19.4. The summed E-state index contributed by atoms with van der Waals surface area (Å²) in [6.07, 6.45) is 4.42. The second-order valence-electron chi connectivity index (χ2n) is 6.92. The average Bonchev–Trinajstić information content (AvgIpc) is 3.36. The van der Waals surface area contributed by atoms with Crippen molar-refractivity contribution in [3.63, 3.8) is 0 Å². The number of likely N-dealkylation sites (tertiary alicyclic amines) is 1. The highest BCUT2D eigenvalue weighted by Gasteiger charge is 2.40. The second-order valence-corrected chi connectivity index (χ2v) is 7.94. The van der Waals surface area contributed by atoms with Gasteiger partial charge in [0.25, 0.3) is 11.8 Å². The Kier molecular flexibility index (Phi) is 4.97. The molecule has 1 fully saturated rings. The number of anilines is 2. The number of hydrogen-bond acceptors (Lipinski definition) is 9. The molecule has 2 aliphatic heterocycles. The molecule has 0 unspecified atom stereocenters. The SMILES string of the molecule is Nc1nc(N)c(C(=O)NC2=NCC3(CCN(C(=O)c4cnc[nH]4)CC3)N2)nc1I. The van der Waals surface area contributed by atoms with E-state index >= 15 is 0 Å². The smallest absolute Gasteiger partial charge is 0.280 e. The molecule has 2 aromatic rings. The van der Waals surface area contributed by atoms with Gasteiger partial charge in [0.05, 0.1) is 24.6 Å². The van der Waals surface area contributed by atoms with Crippen LogP contribution in [0.4, 0.5) is 11.6 Å². The van der Waals surface area contributed by atoms with Crippen molar-refractivity contribution in [2.24, 2.45) is 4.99 Å². The van der Waals surface area contributed by atoms with Crippen LogP contribution in [0, 0.1) is 3.70 Å². The van der Waals surface area contributed by atoms with Crippen LogP contribution >= 0.6 is 22.6 Å². The van der Waals surface area contributed by atoms with Gasteiger partial charge in [-0.1, -0.05) is 0 Å². The van der Waals surface area contributed by atoms with Crippen LogP contribution in [0.15, 0.2) is 17.5 Å². The van der Waals surface area contributed by atoms with Crippen molar-refractivity contribution in [3.05, 3.63) is 27.6 Å². The Bertz CT molecular complexity index is 982. The van der Waals surface area contributed by atoms with Gasteiger partial charge in [-0.15, -0.1) is 0 Å². The number of aromatic nitrogens is 4. The van der Waals surface area contributed by atoms with Crippen LogP contribution in [0.5, 0.6) is 0 Å². The molecule has 0 aliphatic carbocycles. The summed E-state index contributed by atoms with van der Waals surface area (Å²) in [4.78, 5) is 45.9. The van der Waals surface area contributed by atoms with Gasteiger partial charge in [-0.3, -0.25) is 19.9 Å². The van der Waals surface area contributed by atoms with E-state index in [1.54, 1.807) is 4.90 Å². The first-order valence-corrected chi connectivity index (χ1v) is 9.95. The predicted molar refractivity (Wildman–Crippen MR) is 113 cm³/mol. The van der Waals surface area contributed by atoms with E-state index in [0.29, 0.717) is 47.8 Å². The monoisotopic (exact) mass is 510 g/mol. The maximum Gasteiger partial charge on any atom is 0.280 e. The van der Waals surface area contributed by atoms with Crippen molar-refractivity contribution in [2.75, 3.05) is 31.1 Å². The first-order valence-electron chi connectivity index (χ1n) is 8.87. The van der Waals surface area contributed by atoms with Gasteiger partial charge in [0.15, 0.2) is 23.3 Å². The molecular formula is C16H19IN10O2. The van der Waals surface area contributed by atoms with Crippen molar-refractivity contribution in [1.82, 2.24) is 35.5 Å². The molecule has 4 heterocycles. The molecule has 0 saturated carbocycles. The van der Waals surface area contributed by atoms with Crippen LogP contribution < -0.4 is 22.1 Å². The van der Waals surface area contributed by atoms with Crippen molar-refractivity contribution in [2.45, 2.75) is 18.4 Å². The molecular weight excluding hydrogens is 491 g/mol. The van der Waals surface area contributed by atoms with E-state index in [-0.39, 0.29) is 28.8 Å². The fourth-order valence-electron chi connectivity index (χ4n) is 3.37. The third-order valence-electron chi connectivity index (χ3n) is 5.01. The van der Waals surface area contributed by atoms with Crippen LogP contribution in [0.3, 0.4) is 0 Å². The van der Waals surface area contributed by atoms with Gasteiger partial charge in [-0.05, 0) is 35.4 Å². The topological polar surface area (TPSA) is 180 Å². The molecule has 2 aromatic heterocycles. The molecule has 29 heavy (non-hydrogen) atoms. The first-order chi connectivity index (χ1) is 13.9. The lowest BCUT2D eigenvalue weighted by Crippen LogP contribution is -2.57. The molecule has 13 heteroatoms. The number of nitrogen functional groups attached to an aromatic ring is 2. The molecule has 2 amide bonds. The van der Waals surface area contributed by atoms with Crippen LogP contribution in [-0.2, 0) is 0 Å². The van der Waals surface area contributed by atoms with Gasteiger partial charge in [0, 0.05) is 13.1 Å². The maximum absolute atomic E-state index is 12.5. The van der Waals surface area contributed by atoms with E-state index in [9.17, 15) is 9.59 Å². The minimum absolute atomic E-state index is 0.00553. The minimum atomic E-state index is -0.511. The Morgan fingerprint density at radius 1 is 1.21 bits per heavy atom. The van der Waals surface area contributed by atoms with E-state index in [2.05, 4.69) is 35.6 Å². The number of nitrogens with zero attached hydrogens (tertiary/aromatic N) is 5. The number of nitrogens with two attached hydrogens (primary N) is 2. The normalized spacial score (nSPS) is 17.7. The lowest BCUT2D eigenvalue weighted by Gasteiger charge is -2.39. The van der Waals surface area contributed by atoms with Crippen LogP contribution in [-0.4, -0.2) is 67.8 Å². The highest BCUT2D eigenvalue weighted by Crippen LogP contribution is 2.26. The third-order valence-corrected chi connectivity index (χ3v) is 5.81. The summed E-state index contributed by atoms with van der Waals surface area (Å²) in [6.45, 7) is 1.67. The third kappa shape index (κ3) is 3.81. The number of aliphatic imine (C=N–C) groups is 1. The summed E-state index contributed by atoms with van der Waals surface area (Å²) in [7, 11) is 0. The molecule has 12 nitrogen and oxygen atoms in total. The number of rotatable bonds is 2. The molecule has 1 spiro atoms. The molecule has 4 rings (SSSR count). The number of H-pyrrole nitrogens is 1. The standard InChI is InChI=1S/C16H19IN10O2/c17-10-12(19)24-11(18)9(23-10)13(28)25-15-21-6-16(26-15)1-3-27(4-2-16)14(29)8-5-20-7-22-8/h5,7H,1-4,6H2,(H,20,22)(H4,18,19,24)(H2,21,25,26,28). The molecule has 0 bridgehead atoms. The number of aromatic amines is 1. The van der Waals surface area contributed by atoms with Crippen molar-refractivity contribution in [3.8, 4) is 0 Å². The summed E-state index contributed by atoms with van der Waals surface area (Å²) >= 11 is 1.89. The zero-order valence-electron chi connectivity index (χ0n) is 15.3. The van der Waals surface area contributed by atoms with Gasteiger partial charge < -0.3 is 26.7 Å². The zero-order valence-corrected chi connectivity index (χ0v) is 17.4. The van der Waals surface area contributed by atoms with E-state index in [0.717, 1.165) is 0 Å². The summed E-state index contributed by atoms with van der Waals surface area (Å²) in [5.74, 6) is -0.0954. The Labute approximate surface area is 179 Å². The molecule has 0 radical (unpaired) electrons. The number of halogens is 1. The van der Waals surface area contributed by atoms with Crippen LogP contribution in [0.25, 0.3) is 0 Å². The zero-order chi connectivity index (χ0) is 20.6. The minimum Gasteiger partial charge on any atom is -0.382 e. The second kappa shape index (κ2) is 7.46. The Morgan fingerprint density at radius 2 is 1.97 bits per heavy atom. The van der Waals surface area contributed by atoms with E-state index in [1.165, 1.54) is 12.5 Å². The van der Waals surface area contributed by atoms with Gasteiger partial charge in [0.2, 0.25) is 0 Å². The van der Waals surface area contributed by atoms with E-state index in [1.807, 2.05) is 22.6 Å². The highest BCUT2D eigenvalue weighted by atomic mass is 127.